The quantitative estimate of drug-likeness (QED) is 0.172. The molecule has 0 radical (unpaired) electrons. The van der Waals surface area contributed by atoms with E-state index in [2.05, 4.69) is 32.8 Å². The van der Waals surface area contributed by atoms with Crippen molar-refractivity contribution in [3.63, 3.8) is 0 Å². The molecule has 2 unspecified atom stereocenters. The molecule has 0 bridgehead atoms. The van der Waals surface area contributed by atoms with Crippen LogP contribution in [0.15, 0.2) is 48.8 Å². The van der Waals surface area contributed by atoms with E-state index in [4.69, 9.17) is 42.6 Å². The summed E-state index contributed by atoms with van der Waals surface area (Å²) in [7, 11) is 3.16. The lowest BCUT2D eigenvalue weighted by Gasteiger charge is -2.34. The van der Waals surface area contributed by atoms with Crippen LogP contribution in [0.3, 0.4) is 0 Å². The third kappa shape index (κ3) is 6.80. The highest BCUT2D eigenvalue weighted by Crippen LogP contribution is 2.42. The second kappa shape index (κ2) is 14.3. The van der Waals surface area contributed by atoms with Crippen LogP contribution in [0.1, 0.15) is 44.0 Å². The van der Waals surface area contributed by atoms with Gasteiger partial charge in [-0.3, -0.25) is 14.8 Å². The summed E-state index contributed by atoms with van der Waals surface area (Å²) in [5.74, 6) is 1.62. The topological polar surface area (TPSA) is 123 Å². The van der Waals surface area contributed by atoms with Gasteiger partial charge < -0.3 is 25.4 Å². The Bertz CT molecular complexity index is 1740. The van der Waals surface area contributed by atoms with Crippen molar-refractivity contribution in [2.45, 2.75) is 57.8 Å². The molecule has 3 N–H and O–H groups in total. The Morgan fingerprint density at radius 3 is 1.87 bits per heavy atom. The molecule has 3 heterocycles. The van der Waals surface area contributed by atoms with Crippen LogP contribution in [0, 0.1) is 5.92 Å². The van der Waals surface area contributed by atoms with Gasteiger partial charge in [-0.05, 0) is 25.2 Å². The van der Waals surface area contributed by atoms with Crippen LogP contribution in [0.25, 0.3) is 33.6 Å². The zero-order valence-corrected chi connectivity index (χ0v) is 27.6. The summed E-state index contributed by atoms with van der Waals surface area (Å²) in [5.41, 5.74) is 5.49. The number of hydrogen-bond donors (Lipinski definition) is 3. The SMILES string of the molecule is COc1nc(-c2cccc(-c3cccc(-c4cnc(CN[C@@H]5CCC5C)c(OC)n4)c3Cl)c2Cl)cnc1CNCC1CCC(=O)N1. The normalized spacial score (nSPS) is 19.1. The number of nitrogens with one attached hydrogen (secondary N) is 3. The molecule has 3 atom stereocenters. The number of halogens is 2. The highest BCUT2D eigenvalue weighted by Gasteiger charge is 2.27. The predicted octanol–water partition coefficient (Wildman–Crippen LogP) is 5.85. The minimum Gasteiger partial charge on any atom is -0.480 e. The fraction of sp³-hybridized carbons (Fsp3) is 0.382. The van der Waals surface area contributed by atoms with Crippen LogP contribution < -0.4 is 25.4 Å². The number of methoxy groups -OCH3 is 2. The highest BCUT2D eigenvalue weighted by atomic mass is 35.5. The Morgan fingerprint density at radius 1 is 0.826 bits per heavy atom. The first kappa shape index (κ1) is 32.1. The molecular weight excluding hydrogens is 625 g/mol. The van der Waals surface area contributed by atoms with E-state index in [1.54, 1.807) is 26.6 Å². The maximum absolute atomic E-state index is 11.5. The first-order valence-electron chi connectivity index (χ1n) is 15.5. The van der Waals surface area contributed by atoms with E-state index in [1.807, 2.05) is 36.4 Å². The van der Waals surface area contributed by atoms with Crippen molar-refractivity contribution in [2.24, 2.45) is 5.92 Å². The largest absolute Gasteiger partial charge is 0.480 e. The van der Waals surface area contributed by atoms with Gasteiger partial charge in [0.1, 0.15) is 11.4 Å². The zero-order valence-electron chi connectivity index (χ0n) is 26.1. The highest BCUT2D eigenvalue weighted by molar-refractivity contribution is 6.39. The molecule has 2 aromatic heterocycles. The lowest BCUT2D eigenvalue weighted by atomic mass is 9.81. The summed E-state index contributed by atoms with van der Waals surface area (Å²) < 4.78 is 11.2. The average Bonchev–Trinajstić information content (AvgIpc) is 3.49. The standard InChI is InChI=1S/C34H37Cl2N7O3/c1-19-10-12-25(19)38-18-29-34(46-3)43-27(17-40-29)24-9-5-7-22(32(24)36)21-6-4-8-23(31(21)35)26-16-39-28(33(42-26)45-2)15-37-14-20-11-13-30(44)41-20/h4-9,16-17,19-20,25,37-38H,10-15,18H2,1-3H3,(H,41,44)/t19?,20?,25-/m1/s1. The van der Waals surface area contributed by atoms with E-state index < -0.39 is 0 Å². The molecule has 2 aromatic carbocycles. The molecule has 2 aliphatic rings. The predicted molar refractivity (Wildman–Crippen MR) is 179 cm³/mol. The Balaban J connectivity index is 1.23. The molecule has 1 amide bonds. The van der Waals surface area contributed by atoms with Crippen molar-refractivity contribution in [1.29, 1.82) is 0 Å². The fourth-order valence-electron chi connectivity index (χ4n) is 5.89. The Labute approximate surface area is 278 Å². The monoisotopic (exact) mass is 661 g/mol. The van der Waals surface area contributed by atoms with Crippen LogP contribution in [0.2, 0.25) is 10.0 Å². The molecule has 12 heteroatoms. The number of hydrogen-bond acceptors (Lipinski definition) is 9. The number of nitrogens with zero attached hydrogens (tertiary/aromatic N) is 4. The molecule has 240 valence electrons. The van der Waals surface area contributed by atoms with E-state index in [0.29, 0.717) is 88.0 Å². The lowest BCUT2D eigenvalue weighted by Crippen LogP contribution is -2.42. The van der Waals surface area contributed by atoms with Crippen molar-refractivity contribution < 1.29 is 14.3 Å². The number of aromatic nitrogens is 4. The zero-order chi connectivity index (χ0) is 32.2. The van der Waals surface area contributed by atoms with Crippen LogP contribution >= 0.6 is 23.2 Å². The number of ether oxygens (including phenoxy) is 2. The maximum atomic E-state index is 11.5. The van der Waals surface area contributed by atoms with Gasteiger partial charge in [-0.2, -0.15) is 0 Å². The van der Waals surface area contributed by atoms with E-state index >= 15 is 0 Å². The second-order valence-corrected chi connectivity index (χ2v) is 12.5. The molecule has 1 aliphatic carbocycles. The van der Waals surface area contributed by atoms with Crippen molar-refractivity contribution in [1.82, 2.24) is 35.9 Å². The van der Waals surface area contributed by atoms with E-state index in [0.717, 1.165) is 23.2 Å². The molecule has 2 fully saturated rings. The van der Waals surface area contributed by atoms with Gasteiger partial charge in [-0.1, -0.05) is 66.5 Å². The number of rotatable bonds is 12. The minimum absolute atomic E-state index is 0.0883. The molecule has 10 nitrogen and oxygen atoms in total. The van der Waals surface area contributed by atoms with Gasteiger partial charge in [-0.25, -0.2) is 9.97 Å². The van der Waals surface area contributed by atoms with Gasteiger partial charge in [0.05, 0.1) is 48.0 Å². The van der Waals surface area contributed by atoms with Crippen molar-refractivity contribution >= 4 is 29.1 Å². The maximum Gasteiger partial charge on any atom is 0.237 e. The first-order valence-corrected chi connectivity index (χ1v) is 16.2. The van der Waals surface area contributed by atoms with Gasteiger partial charge in [0, 0.05) is 60.4 Å². The fourth-order valence-corrected chi connectivity index (χ4v) is 6.54. The summed E-state index contributed by atoms with van der Waals surface area (Å²) in [6, 6.07) is 12.1. The summed E-state index contributed by atoms with van der Waals surface area (Å²) in [6.07, 6.45) is 7.22. The lowest BCUT2D eigenvalue weighted by molar-refractivity contribution is -0.119. The molecule has 1 aliphatic heterocycles. The van der Waals surface area contributed by atoms with Gasteiger partial charge in [0.15, 0.2) is 0 Å². The van der Waals surface area contributed by atoms with Crippen molar-refractivity contribution in [3.8, 4) is 45.4 Å². The molecule has 1 saturated heterocycles. The first-order chi connectivity index (χ1) is 22.4. The molecule has 1 saturated carbocycles. The Hall–Kier alpha value is -3.83. The van der Waals surface area contributed by atoms with Gasteiger partial charge in [-0.15, -0.1) is 0 Å². The Kier molecular flexibility index (Phi) is 9.98. The molecule has 46 heavy (non-hydrogen) atoms. The summed E-state index contributed by atoms with van der Waals surface area (Å²) in [5, 5.41) is 10.8. The summed E-state index contributed by atoms with van der Waals surface area (Å²) in [6.45, 7) is 3.94. The smallest absolute Gasteiger partial charge is 0.237 e. The van der Waals surface area contributed by atoms with Crippen molar-refractivity contribution in [2.75, 3.05) is 20.8 Å². The van der Waals surface area contributed by atoms with Gasteiger partial charge in [0.2, 0.25) is 17.7 Å². The van der Waals surface area contributed by atoms with Gasteiger partial charge >= 0.3 is 0 Å². The van der Waals surface area contributed by atoms with E-state index in [9.17, 15) is 4.79 Å². The summed E-state index contributed by atoms with van der Waals surface area (Å²) >= 11 is 14.1. The molecule has 0 spiro atoms. The Morgan fingerprint density at radius 2 is 1.39 bits per heavy atom. The average molecular weight is 663 g/mol. The minimum atomic E-state index is 0.0883. The molecule has 6 rings (SSSR count). The third-order valence-corrected chi connectivity index (χ3v) is 9.58. The van der Waals surface area contributed by atoms with E-state index in [-0.39, 0.29) is 11.9 Å². The number of amides is 1. The van der Waals surface area contributed by atoms with Crippen LogP contribution in [-0.2, 0) is 17.9 Å². The molecular formula is C34H37Cl2N7O3. The number of benzene rings is 2. The van der Waals surface area contributed by atoms with Crippen LogP contribution in [-0.4, -0.2) is 58.7 Å². The summed E-state index contributed by atoms with van der Waals surface area (Å²) in [4.78, 5) is 30.3. The van der Waals surface area contributed by atoms with Crippen LogP contribution in [0.5, 0.6) is 11.8 Å². The second-order valence-electron chi connectivity index (χ2n) is 11.7. The van der Waals surface area contributed by atoms with E-state index in [1.165, 1.54) is 12.8 Å². The van der Waals surface area contributed by atoms with Crippen molar-refractivity contribution in [3.05, 3.63) is 70.2 Å². The third-order valence-electron chi connectivity index (χ3n) is 8.77. The van der Waals surface area contributed by atoms with Gasteiger partial charge in [0.25, 0.3) is 0 Å². The number of carbonyl (C=O) groups excluding carboxylic acids is 1. The van der Waals surface area contributed by atoms with Crippen LogP contribution in [0.4, 0.5) is 0 Å². The number of carbonyl (C=O) groups is 1. The molecule has 4 aromatic rings.